The van der Waals surface area contributed by atoms with Gasteiger partial charge in [0.1, 0.15) is 5.75 Å². The van der Waals surface area contributed by atoms with E-state index in [1.54, 1.807) is 24.4 Å². The second-order valence-electron chi connectivity index (χ2n) is 4.01. The summed E-state index contributed by atoms with van der Waals surface area (Å²) in [5, 5.41) is 0. The predicted octanol–water partition coefficient (Wildman–Crippen LogP) is 3.46. The number of pyridine rings is 1. The molecule has 0 aliphatic heterocycles. The van der Waals surface area contributed by atoms with Crippen LogP contribution in [0.3, 0.4) is 0 Å². The summed E-state index contributed by atoms with van der Waals surface area (Å²) in [5.41, 5.74) is 0.440. The zero-order valence-electron chi connectivity index (χ0n) is 10.0. The first-order chi connectivity index (χ1) is 8.56. The normalized spacial score (nSPS) is 10.7. The summed E-state index contributed by atoms with van der Waals surface area (Å²) in [7, 11) is 0. The molecule has 2 rings (SSSR count). The average molecular weight is 310 g/mol. The Balaban J connectivity index is 2.25. The Morgan fingerprint density at radius 2 is 2.17 bits per heavy atom. The number of nitrogens with zero attached hydrogens (tertiary/aromatic N) is 1. The van der Waals surface area contributed by atoms with Crippen molar-refractivity contribution in [3.05, 3.63) is 46.6 Å². The molecule has 5 heteroatoms. The van der Waals surface area contributed by atoms with Crippen molar-refractivity contribution >= 4 is 21.7 Å². The zero-order valence-corrected chi connectivity index (χ0v) is 11.6. The summed E-state index contributed by atoms with van der Waals surface area (Å²) in [5.74, 6) is 0.620. The summed E-state index contributed by atoms with van der Waals surface area (Å²) in [6.45, 7) is 3.83. The summed E-state index contributed by atoms with van der Waals surface area (Å²) in [6.07, 6.45) is 3.11. The van der Waals surface area contributed by atoms with Crippen LogP contribution >= 0.6 is 15.9 Å². The van der Waals surface area contributed by atoms with Crippen LogP contribution in [0.25, 0.3) is 0 Å². The quantitative estimate of drug-likeness (QED) is 0.812. The summed E-state index contributed by atoms with van der Waals surface area (Å²) in [4.78, 5) is 16.1. The maximum atomic E-state index is 12.1. The van der Waals surface area contributed by atoms with Gasteiger partial charge < -0.3 is 9.15 Å². The molecular weight excluding hydrogens is 298 g/mol. The summed E-state index contributed by atoms with van der Waals surface area (Å²) in [6, 6.07) is 4.95. The van der Waals surface area contributed by atoms with E-state index in [0.29, 0.717) is 16.0 Å². The van der Waals surface area contributed by atoms with Crippen LogP contribution < -0.4 is 4.74 Å². The number of carbonyl (C=O) groups is 1. The second-order valence-corrected chi connectivity index (χ2v) is 4.79. The van der Waals surface area contributed by atoms with E-state index in [9.17, 15) is 4.79 Å². The van der Waals surface area contributed by atoms with Crippen molar-refractivity contribution in [2.75, 3.05) is 0 Å². The fourth-order valence-corrected chi connectivity index (χ4v) is 1.76. The molecule has 0 N–H and O–H groups in total. The van der Waals surface area contributed by atoms with E-state index in [0.717, 1.165) is 0 Å². The Hall–Kier alpha value is -1.62. The Bertz CT molecular complexity index is 563. The zero-order chi connectivity index (χ0) is 13.1. The largest absolute Gasteiger partial charge is 0.489 e. The van der Waals surface area contributed by atoms with Crippen molar-refractivity contribution in [2.24, 2.45) is 0 Å². The van der Waals surface area contributed by atoms with Crippen molar-refractivity contribution in [3.63, 3.8) is 0 Å². The molecule has 2 aromatic rings. The fraction of sp³-hybridized carbons (Fsp3) is 0.231. The van der Waals surface area contributed by atoms with Gasteiger partial charge in [0.15, 0.2) is 10.4 Å². The molecule has 2 aromatic heterocycles. The lowest BCUT2D eigenvalue weighted by molar-refractivity contribution is 0.101. The van der Waals surface area contributed by atoms with E-state index < -0.39 is 0 Å². The van der Waals surface area contributed by atoms with Gasteiger partial charge in [-0.15, -0.1) is 0 Å². The lowest BCUT2D eigenvalue weighted by Crippen LogP contribution is -2.07. The number of ether oxygens (including phenoxy) is 1. The van der Waals surface area contributed by atoms with E-state index in [-0.39, 0.29) is 17.6 Å². The minimum Gasteiger partial charge on any atom is -0.489 e. The van der Waals surface area contributed by atoms with Crippen molar-refractivity contribution in [3.8, 4) is 5.75 Å². The van der Waals surface area contributed by atoms with E-state index in [2.05, 4.69) is 20.9 Å². The van der Waals surface area contributed by atoms with E-state index in [4.69, 9.17) is 9.15 Å². The van der Waals surface area contributed by atoms with Gasteiger partial charge in [0, 0.05) is 11.8 Å². The van der Waals surface area contributed by atoms with Crippen LogP contribution in [0.5, 0.6) is 5.75 Å². The molecule has 0 bridgehead atoms. The Labute approximate surface area is 113 Å². The SMILES string of the molecule is CC(C)Oc1cncc(C(=O)c2ccc(Br)o2)c1. The summed E-state index contributed by atoms with van der Waals surface area (Å²) < 4.78 is 11.2. The Kier molecular flexibility index (Phi) is 3.81. The van der Waals surface area contributed by atoms with Gasteiger partial charge in [-0.3, -0.25) is 9.78 Å². The van der Waals surface area contributed by atoms with Gasteiger partial charge in [0.25, 0.3) is 0 Å². The lowest BCUT2D eigenvalue weighted by Gasteiger charge is -2.09. The van der Waals surface area contributed by atoms with Gasteiger partial charge >= 0.3 is 0 Å². The van der Waals surface area contributed by atoms with Crippen LogP contribution in [0.2, 0.25) is 0 Å². The van der Waals surface area contributed by atoms with Crippen LogP contribution in [0, 0.1) is 0 Å². The van der Waals surface area contributed by atoms with E-state index in [1.807, 2.05) is 13.8 Å². The molecule has 18 heavy (non-hydrogen) atoms. The monoisotopic (exact) mass is 309 g/mol. The molecule has 0 spiro atoms. The van der Waals surface area contributed by atoms with Crippen LogP contribution in [-0.2, 0) is 0 Å². The van der Waals surface area contributed by atoms with E-state index in [1.165, 1.54) is 6.20 Å². The predicted molar refractivity (Wildman–Crippen MR) is 69.8 cm³/mol. The molecule has 2 heterocycles. The maximum Gasteiger partial charge on any atom is 0.229 e. The molecule has 4 nitrogen and oxygen atoms in total. The summed E-state index contributed by atoms with van der Waals surface area (Å²) >= 11 is 3.16. The third-order valence-electron chi connectivity index (χ3n) is 2.14. The third kappa shape index (κ3) is 2.98. The average Bonchev–Trinajstić information content (AvgIpc) is 2.74. The van der Waals surface area contributed by atoms with Gasteiger partial charge in [-0.25, -0.2) is 0 Å². The standard InChI is InChI=1S/C13H12BrNO3/c1-8(2)17-10-5-9(6-15-7-10)13(16)11-3-4-12(14)18-11/h3-8H,1-2H3. The van der Waals surface area contributed by atoms with Crippen molar-refractivity contribution in [2.45, 2.75) is 20.0 Å². The molecule has 0 amide bonds. The van der Waals surface area contributed by atoms with Crippen molar-refractivity contribution in [1.82, 2.24) is 4.98 Å². The number of aromatic nitrogens is 1. The number of rotatable bonds is 4. The van der Waals surface area contributed by atoms with Crippen LogP contribution in [0.1, 0.15) is 30.0 Å². The van der Waals surface area contributed by atoms with Gasteiger partial charge in [-0.1, -0.05) is 0 Å². The van der Waals surface area contributed by atoms with Gasteiger partial charge in [0.2, 0.25) is 5.78 Å². The molecule has 94 valence electrons. The smallest absolute Gasteiger partial charge is 0.229 e. The minimum absolute atomic E-state index is 0.0370. The first kappa shape index (κ1) is 12.8. The topological polar surface area (TPSA) is 52.3 Å². The highest BCUT2D eigenvalue weighted by Crippen LogP contribution is 2.19. The van der Waals surface area contributed by atoms with Crippen LogP contribution in [0.15, 0.2) is 39.7 Å². The maximum absolute atomic E-state index is 12.1. The van der Waals surface area contributed by atoms with Gasteiger partial charge in [0.05, 0.1) is 12.3 Å². The van der Waals surface area contributed by atoms with E-state index >= 15 is 0 Å². The third-order valence-corrected chi connectivity index (χ3v) is 2.57. The van der Waals surface area contributed by atoms with Crippen molar-refractivity contribution < 1.29 is 13.9 Å². The minimum atomic E-state index is -0.220. The fourth-order valence-electron chi connectivity index (χ4n) is 1.46. The molecule has 0 unspecified atom stereocenters. The Morgan fingerprint density at radius 3 is 2.78 bits per heavy atom. The molecule has 0 aromatic carbocycles. The molecule has 0 radical (unpaired) electrons. The molecule has 0 saturated carbocycles. The Morgan fingerprint density at radius 1 is 1.39 bits per heavy atom. The number of furan rings is 1. The first-order valence-electron chi connectivity index (χ1n) is 5.48. The lowest BCUT2D eigenvalue weighted by atomic mass is 10.1. The van der Waals surface area contributed by atoms with Gasteiger partial charge in [-0.05, 0) is 48.0 Å². The van der Waals surface area contributed by atoms with Crippen LogP contribution in [-0.4, -0.2) is 16.9 Å². The molecule has 0 aliphatic carbocycles. The number of ketones is 1. The van der Waals surface area contributed by atoms with Crippen LogP contribution in [0.4, 0.5) is 0 Å². The number of carbonyl (C=O) groups excluding carboxylic acids is 1. The molecule has 0 aliphatic rings. The van der Waals surface area contributed by atoms with Crippen molar-refractivity contribution in [1.29, 1.82) is 0 Å². The van der Waals surface area contributed by atoms with Gasteiger partial charge in [-0.2, -0.15) is 0 Å². The number of halogens is 1. The highest BCUT2D eigenvalue weighted by molar-refractivity contribution is 9.10. The molecular formula is C13H12BrNO3. The highest BCUT2D eigenvalue weighted by atomic mass is 79.9. The highest BCUT2D eigenvalue weighted by Gasteiger charge is 2.14. The second kappa shape index (κ2) is 5.35. The number of hydrogen-bond donors (Lipinski definition) is 0. The molecule has 0 atom stereocenters. The number of hydrogen-bond acceptors (Lipinski definition) is 4. The molecule has 0 fully saturated rings. The molecule has 0 saturated heterocycles. The first-order valence-corrected chi connectivity index (χ1v) is 6.27.